The Balaban J connectivity index is 1.70. The van der Waals surface area contributed by atoms with Gasteiger partial charge < -0.3 is 4.90 Å². The van der Waals surface area contributed by atoms with Crippen molar-refractivity contribution in [3.05, 3.63) is 42.6 Å². The normalized spacial score (nSPS) is 17.5. The molecule has 1 aromatic heterocycles. The van der Waals surface area contributed by atoms with Crippen molar-refractivity contribution in [2.75, 3.05) is 44.7 Å². The second-order valence-electron chi connectivity index (χ2n) is 6.49. The van der Waals surface area contributed by atoms with Gasteiger partial charge in [0.2, 0.25) is 0 Å². The smallest absolute Gasteiger partial charge is 0.304 e. The van der Waals surface area contributed by atoms with Crippen molar-refractivity contribution in [1.82, 2.24) is 19.9 Å². The second kappa shape index (κ2) is 7.26. The number of carbonyl (C=O) groups excluding carboxylic acids is 1. The van der Waals surface area contributed by atoms with Crippen LogP contribution in [0.4, 0.5) is 16.3 Å². The number of likely N-dealkylation sites (N-methyl/N-ethyl adjacent to an activating group) is 1. The third kappa shape index (κ3) is 3.06. The topological polar surface area (TPSA) is 42.9 Å². The van der Waals surface area contributed by atoms with Gasteiger partial charge in [-0.2, -0.15) is 0 Å². The fourth-order valence-electron chi connectivity index (χ4n) is 3.39. The van der Waals surface area contributed by atoms with Gasteiger partial charge in [-0.1, -0.05) is 23.9 Å². The van der Waals surface area contributed by atoms with E-state index in [0.717, 1.165) is 41.7 Å². The Hall–Kier alpha value is -2.09. The van der Waals surface area contributed by atoms with Gasteiger partial charge in [-0.25, -0.2) is 19.7 Å². The van der Waals surface area contributed by atoms with Crippen LogP contribution in [-0.4, -0.2) is 65.7 Å². The van der Waals surface area contributed by atoms with E-state index in [9.17, 15) is 4.79 Å². The fraction of sp³-hybridized carbons (Fsp3) is 0.368. The Bertz CT molecular complexity index is 761. The van der Waals surface area contributed by atoms with Gasteiger partial charge in [-0.15, -0.1) is 0 Å². The molecule has 2 amide bonds. The SMILES string of the molecule is CCN(C(=O)N1c2ccccc2Sc2cccnc21)N1CCN(C)CC1. The summed E-state index contributed by atoms with van der Waals surface area (Å²) < 4.78 is 0. The highest BCUT2D eigenvalue weighted by Gasteiger charge is 2.34. The highest BCUT2D eigenvalue weighted by atomic mass is 32.2. The minimum atomic E-state index is -0.0373. The lowest BCUT2D eigenvalue weighted by Crippen LogP contribution is -2.57. The predicted octanol–water partition coefficient (Wildman–Crippen LogP) is 3.29. The number of anilines is 2. The summed E-state index contributed by atoms with van der Waals surface area (Å²) >= 11 is 1.66. The monoisotopic (exact) mass is 369 g/mol. The molecule has 26 heavy (non-hydrogen) atoms. The highest BCUT2D eigenvalue weighted by Crippen LogP contribution is 2.47. The zero-order chi connectivity index (χ0) is 18.1. The number of nitrogens with zero attached hydrogens (tertiary/aromatic N) is 5. The van der Waals surface area contributed by atoms with Gasteiger partial charge in [0, 0.05) is 43.8 Å². The molecule has 0 radical (unpaired) electrons. The lowest BCUT2D eigenvalue weighted by Gasteiger charge is -2.42. The van der Waals surface area contributed by atoms with Crippen LogP contribution in [0.3, 0.4) is 0 Å². The van der Waals surface area contributed by atoms with Crippen LogP contribution in [0.15, 0.2) is 52.4 Å². The summed E-state index contributed by atoms with van der Waals surface area (Å²) in [6.07, 6.45) is 1.75. The number of carbonyl (C=O) groups is 1. The van der Waals surface area contributed by atoms with Crippen molar-refractivity contribution in [2.24, 2.45) is 0 Å². The van der Waals surface area contributed by atoms with Gasteiger partial charge in [-0.05, 0) is 38.2 Å². The number of piperazine rings is 1. The van der Waals surface area contributed by atoms with E-state index in [1.54, 1.807) is 22.9 Å². The molecular formula is C19H23N5OS. The summed E-state index contributed by atoms with van der Waals surface area (Å²) in [6, 6.07) is 11.9. The molecule has 0 unspecified atom stereocenters. The Morgan fingerprint density at radius 2 is 1.85 bits per heavy atom. The maximum Gasteiger partial charge on any atom is 0.344 e. The molecule has 2 aliphatic rings. The Morgan fingerprint density at radius 1 is 1.12 bits per heavy atom. The predicted molar refractivity (Wildman–Crippen MR) is 104 cm³/mol. The van der Waals surface area contributed by atoms with Crippen molar-refractivity contribution < 1.29 is 4.79 Å². The number of pyridine rings is 1. The summed E-state index contributed by atoms with van der Waals surface area (Å²) in [5.41, 5.74) is 0.904. The molecule has 7 heteroatoms. The third-order valence-corrected chi connectivity index (χ3v) is 5.93. The minimum absolute atomic E-state index is 0.0373. The largest absolute Gasteiger partial charge is 0.344 e. The van der Waals surface area contributed by atoms with Crippen LogP contribution in [-0.2, 0) is 0 Å². The summed E-state index contributed by atoms with van der Waals surface area (Å²) in [6.45, 7) is 6.30. The van der Waals surface area contributed by atoms with Crippen LogP contribution in [0.25, 0.3) is 0 Å². The molecular weight excluding hydrogens is 346 g/mol. The molecule has 2 aliphatic heterocycles. The highest BCUT2D eigenvalue weighted by molar-refractivity contribution is 7.99. The number of hydrogen-bond donors (Lipinski definition) is 0. The molecule has 0 spiro atoms. The summed E-state index contributed by atoms with van der Waals surface area (Å²) in [7, 11) is 2.12. The molecule has 0 N–H and O–H groups in total. The van der Waals surface area contributed by atoms with Crippen molar-refractivity contribution in [3.8, 4) is 0 Å². The van der Waals surface area contributed by atoms with Crippen molar-refractivity contribution in [3.63, 3.8) is 0 Å². The molecule has 0 aliphatic carbocycles. The van der Waals surface area contributed by atoms with Gasteiger partial charge in [0.15, 0.2) is 5.82 Å². The first-order valence-electron chi connectivity index (χ1n) is 8.96. The van der Waals surface area contributed by atoms with Crippen LogP contribution in [0, 0.1) is 0 Å². The first-order chi connectivity index (χ1) is 12.7. The molecule has 1 saturated heterocycles. The van der Waals surface area contributed by atoms with Crippen molar-refractivity contribution >= 4 is 29.3 Å². The van der Waals surface area contributed by atoms with Crippen molar-refractivity contribution in [1.29, 1.82) is 0 Å². The molecule has 2 aromatic rings. The lowest BCUT2D eigenvalue weighted by atomic mass is 10.2. The summed E-state index contributed by atoms with van der Waals surface area (Å²) in [5.74, 6) is 0.716. The second-order valence-corrected chi connectivity index (χ2v) is 7.57. The minimum Gasteiger partial charge on any atom is -0.304 e. The van der Waals surface area contributed by atoms with E-state index in [1.807, 2.05) is 42.3 Å². The molecule has 1 aromatic carbocycles. The number of hydrogen-bond acceptors (Lipinski definition) is 5. The fourth-order valence-corrected chi connectivity index (χ4v) is 4.42. The summed E-state index contributed by atoms with van der Waals surface area (Å²) in [5, 5.41) is 4.02. The maximum atomic E-state index is 13.6. The van der Waals surface area contributed by atoms with Crippen LogP contribution in [0.5, 0.6) is 0 Å². The zero-order valence-corrected chi connectivity index (χ0v) is 15.9. The molecule has 136 valence electrons. The number of benzene rings is 1. The van der Waals surface area contributed by atoms with Gasteiger partial charge in [0.25, 0.3) is 0 Å². The number of rotatable bonds is 2. The Morgan fingerprint density at radius 3 is 2.62 bits per heavy atom. The van der Waals surface area contributed by atoms with E-state index < -0.39 is 0 Å². The number of amides is 2. The average Bonchev–Trinajstić information content (AvgIpc) is 2.68. The number of fused-ring (bicyclic) bond motifs is 2. The van der Waals surface area contributed by atoms with E-state index in [-0.39, 0.29) is 6.03 Å². The molecule has 4 rings (SSSR count). The number of aromatic nitrogens is 1. The van der Waals surface area contributed by atoms with Gasteiger partial charge >= 0.3 is 6.03 Å². The Kier molecular flexibility index (Phi) is 4.84. The number of hydrazine groups is 1. The number of urea groups is 1. The van der Waals surface area contributed by atoms with Gasteiger partial charge in [0.05, 0.1) is 10.6 Å². The van der Waals surface area contributed by atoms with Crippen LogP contribution in [0.1, 0.15) is 6.92 Å². The van der Waals surface area contributed by atoms with Crippen LogP contribution < -0.4 is 4.90 Å². The van der Waals surface area contributed by atoms with Crippen LogP contribution >= 0.6 is 11.8 Å². The van der Waals surface area contributed by atoms with Crippen molar-refractivity contribution in [2.45, 2.75) is 16.7 Å². The van der Waals surface area contributed by atoms with E-state index in [1.165, 1.54) is 0 Å². The van der Waals surface area contributed by atoms with E-state index in [2.05, 4.69) is 28.0 Å². The molecule has 1 fully saturated rings. The molecule has 0 bridgehead atoms. The summed E-state index contributed by atoms with van der Waals surface area (Å²) in [4.78, 5) is 24.3. The molecule has 0 atom stereocenters. The van der Waals surface area contributed by atoms with Gasteiger partial charge in [-0.3, -0.25) is 5.01 Å². The zero-order valence-electron chi connectivity index (χ0n) is 15.1. The maximum absolute atomic E-state index is 13.6. The first kappa shape index (κ1) is 17.3. The molecule has 0 saturated carbocycles. The van der Waals surface area contributed by atoms with Crippen LogP contribution in [0.2, 0.25) is 0 Å². The quantitative estimate of drug-likeness (QED) is 0.813. The van der Waals surface area contributed by atoms with E-state index in [4.69, 9.17) is 0 Å². The number of para-hydroxylation sites is 1. The molecule has 6 nitrogen and oxygen atoms in total. The Labute approximate surface area is 158 Å². The first-order valence-corrected chi connectivity index (χ1v) is 9.77. The lowest BCUT2D eigenvalue weighted by molar-refractivity contribution is -0.0125. The molecule has 3 heterocycles. The van der Waals surface area contributed by atoms with E-state index in [0.29, 0.717) is 12.4 Å². The average molecular weight is 369 g/mol. The van der Waals surface area contributed by atoms with Gasteiger partial charge in [0.1, 0.15) is 0 Å². The standard InChI is InChI=1S/C19H23N5OS/c1-3-23(22-13-11-21(2)12-14-22)19(25)24-15-7-4-5-8-16(15)26-17-9-6-10-20-18(17)24/h4-10H,3,11-14H2,1-2H3. The third-order valence-electron chi connectivity index (χ3n) is 4.82. The van der Waals surface area contributed by atoms with E-state index >= 15 is 0 Å².